The SMILES string of the molecule is COc1cc(OC)cc([C@@H](CC(=O)NCc2ccc3c(c2)OCO3)c2cnc3ccc(Cl)cn23)c1. The maximum absolute atomic E-state index is 13.2. The van der Waals surface area contributed by atoms with Crippen molar-refractivity contribution in [2.75, 3.05) is 21.0 Å². The highest BCUT2D eigenvalue weighted by molar-refractivity contribution is 6.30. The molecule has 1 amide bonds. The molecule has 1 aliphatic rings. The molecule has 0 saturated heterocycles. The highest BCUT2D eigenvalue weighted by atomic mass is 35.5. The summed E-state index contributed by atoms with van der Waals surface area (Å²) < 4.78 is 23.6. The van der Waals surface area contributed by atoms with Gasteiger partial charge in [-0.1, -0.05) is 17.7 Å². The molecule has 0 bridgehead atoms. The molecule has 1 aliphatic heterocycles. The average molecular weight is 494 g/mol. The summed E-state index contributed by atoms with van der Waals surface area (Å²) in [5.41, 5.74) is 3.35. The van der Waals surface area contributed by atoms with Crippen molar-refractivity contribution in [3.05, 3.63) is 82.8 Å². The number of carbonyl (C=O) groups is 1. The molecule has 5 rings (SSSR count). The van der Waals surface area contributed by atoms with Crippen LogP contribution in [0.1, 0.15) is 29.2 Å². The minimum Gasteiger partial charge on any atom is -0.497 e. The number of fused-ring (bicyclic) bond motifs is 2. The summed E-state index contributed by atoms with van der Waals surface area (Å²) in [5, 5.41) is 3.59. The van der Waals surface area contributed by atoms with Crippen LogP contribution in [0.25, 0.3) is 5.65 Å². The normalized spacial score (nSPS) is 13.0. The smallest absolute Gasteiger partial charge is 0.231 e. The number of hydrogen-bond donors (Lipinski definition) is 1. The molecule has 0 aliphatic carbocycles. The van der Waals surface area contributed by atoms with Crippen molar-refractivity contribution in [2.24, 2.45) is 0 Å². The summed E-state index contributed by atoms with van der Waals surface area (Å²) in [5.74, 6) is 2.21. The van der Waals surface area contributed by atoms with E-state index in [2.05, 4.69) is 10.3 Å². The van der Waals surface area contributed by atoms with Gasteiger partial charge in [0.05, 0.1) is 24.9 Å². The van der Waals surface area contributed by atoms with E-state index in [1.54, 1.807) is 38.7 Å². The van der Waals surface area contributed by atoms with Crippen molar-refractivity contribution in [2.45, 2.75) is 18.9 Å². The molecule has 0 spiro atoms. The lowest BCUT2D eigenvalue weighted by atomic mass is 9.91. The van der Waals surface area contributed by atoms with E-state index in [0.29, 0.717) is 34.6 Å². The first kappa shape index (κ1) is 22.9. The van der Waals surface area contributed by atoms with Crippen molar-refractivity contribution in [1.82, 2.24) is 14.7 Å². The Hall–Kier alpha value is -3.91. The van der Waals surface area contributed by atoms with Gasteiger partial charge >= 0.3 is 0 Å². The number of ether oxygens (including phenoxy) is 4. The zero-order valence-electron chi connectivity index (χ0n) is 19.3. The van der Waals surface area contributed by atoms with E-state index < -0.39 is 0 Å². The van der Waals surface area contributed by atoms with Crippen LogP contribution in [0, 0.1) is 0 Å². The summed E-state index contributed by atoms with van der Waals surface area (Å²) in [4.78, 5) is 17.7. The molecule has 35 heavy (non-hydrogen) atoms. The first-order valence-corrected chi connectivity index (χ1v) is 11.4. The second kappa shape index (κ2) is 9.76. The summed E-state index contributed by atoms with van der Waals surface area (Å²) in [6.07, 6.45) is 3.75. The summed E-state index contributed by atoms with van der Waals surface area (Å²) in [7, 11) is 3.19. The van der Waals surface area contributed by atoms with E-state index in [1.165, 1.54) is 0 Å². The fourth-order valence-electron chi connectivity index (χ4n) is 4.16. The molecule has 180 valence electrons. The third-order valence-electron chi connectivity index (χ3n) is 5.95. The van der Waals surface area contributed by atoms with Crippen molar-refractivity contribution < 1.29 is 23.7 Å². The highest BCUT2D eigenvalue weighted by Crippen LogP contribution is 2.35. The van der Waals surface area contributed by atoms with Gasteiger partial charge < -0.3 is 28.7 Å². The van der Waals surface area contributed by atoms with Crippen LogP contribution in [0.15, 0.2) is 60.9 Å². The third-order valence-corrected chi connectivity index (χ3v) is 6.17. The quantitative estimate of drug-likeness (QED) is 0.387. The molecule has 1 atom stereocenters. The Kier molecular flexibility index (Phi) is 6.37. The molecule has 0 fully saturated rings. The fraction of sp³-hybridized carbons (Fsp3) is 0.231. The number of nitrogens with zero attached hydrogens (tertiary/aromatic N) is 2. The standard InChI is InChI=1S/C26H24ClN3O5/c1-32-19-8-17(9-20(10-19)33-2)21(22-13-28-25-6-4-18(27)14-30(22)25)11-26(31)29-12-16-3-5-23-24(7-16)35-15-34-23/h3-10,13-14,21H,11-12,15H2,1-2H3,(H,29,31)/t21-/m1/s1. The number of amides is 1. The van der Waals surface area contributed by atoms with Crippen LogP contribution in [0.3, 0.4) is 0 Å². The van der Waals surface area contributed by atoms with E-state index in [4.69, 9.17) is 30.5 Å². The Morgan fingerprint density at radius 2 is 1.86 bits per heavy atom. The van der Waals surface area contributed by atoms with Crippen LogP contribution in [-0.4, -0.2) is 36.3 Å². The van der Waals surface area contributed by atoms with Crippen LogP contribution in [0.4, 0.5) is 0 Å². The van der Waals surface area contributed by atoms with Gasteiger partial charge in [-0.3, -0.25) is 4.79 Å². The molecule has 0 unspecified atom stereocenters. The number of benzene rings is 2. The van der Waals surface area contributed by atoms with Gasteiger partial charge in [0.15, 0.2) is 11.5 Å². The monoisotopic (exact) mass is 493 g/mol. The summed E-state index contributed by atoms with van der Waals surface area (Å²) in [6.45, 7) is 0.572. The zero-order chi connectivity index (χ0) is 24.4. The number of aromatic nitrogens is 2. The molecule has 9 heteroatoms. The first-order valence-electron chi connectivity index (χ1n) is 11.0. The Labute approximate surface area is 207 Å². The van der Waals surface area contributed by atoms with Crippen LogP contribution < -0.4 is 24.3 Å². The van der Waals surface area contributed by atoms with Gasteiger partial charge in [0.1, 0.15) is 17.1 Å². The van der Waals surface area contributed by atoms with Crippen LogP contribution >= 0.6 is 11.6 Å². The molecule has 8 nitrogen and oxygen atoms in total. The minimum atomic E-state index is -0.329. The first-order chi connectivity index (χ1) is 17.0. The van der Waals surface area contributed by atoms with Crippen molar-refractivity contribution in [3.63, 3.8) is 0 Å². The topological polar surface area (TPSA) is 83.3 Å². The van der Waals surface area contributed by atoms with E-state index in [0.717, 1.165) is 22.5 Å². The second-order valence-corrected chi connectivity index (χ2v) is 8.56. The number of carbonyl (C=O) groups excluding carboxylic acids is 1. The number of rotatable bonds is 8. The molecular formula is C26H24ClN3O5. The van der Waals surface area contributed by atoms with Gasteiger partial charge in [0.25, 0.3) is 0 Å². The van der Waals surface area contributed by atoms with Gasteiger partial charge in [-0.15, -0.1) is 0 Å². The maximum atomic E-state index is 13.2. The zero-order valence-corrected chi connectivity index (χ0v) is 20.0. The lowest BCUT2D eigenvalue weighted by Crippen LogP contribution is -2.25. The largest absolute Gasteiger partial charge is 0.497 e. The number of hydrogen-bond acceptors (Lipinski definition) is 6. The highest BCUT2D eigenvalue weighted by Gasteiger charge is 2.24. The maximum Gasteiger partial charge on any atom is 0.231 e. The number of pyridine rings is 1. The number of imidazole rings is 1. The molecule has 3 heterocycles. The van der Waals surface area contributed by atoms with E-state index in [1.807, 2.05) is 40.8 Å². The van der Waals surface area contributed by atoms with Gasteiger partial charge in [-0.25, -0.2) is 4.98 Å². The second-order valence-electron chi connectivity index (χ2n) is 8.13. The van der Waals surface area contributed by atoms with Crippen LogP contribution in [-0.2, 0) is 11.3 Å². The Morgan fingerprint density at radius 3 is 2.63 bits per heavy atom. The Morgan fingerprint density at radius 1 is 1.09 bits per heavy atom. The summed E-state index contributed by atoms with van der Waals surface area (Å²) >= 11 is 6.27. The van der Waals surface area contributed by atoms with Crippen LogP contribution in [0.5, 0.6) is 23.0 Å². The predicted octanol–water partition coefficient (Wildman–Crippen LogP) is 4.57. The molecule has 1 N–H and O–H groups in total. The molecule has 4 aromatic rings. The average Bonchev–Trinajstić information content (AvgIpc) is 3.52. The number of nitrogens with one attached hydrogen (secondary N) is 1. The van der Waals surface area contributed by atoms with E-state index >= 15 is 0 Å². The fourth-order valence-corrected chi connectivity index (χ4v) is 4.32. The lowest BCUT2D eigenvalue weighted by Gasteiger charge is -2.19. The van der Waals surface area contributed by atoms with Crippen molar-refractivity contribution >= 4 is 23.2 Å². The van der Waals surface area contributed by atoms with Crippen LogP contribution in [0.2, 0.25) is 5.02 Å². The lowest BCUT2D eigenvalue weighted by molar-refractivity contribution is -0.121. The molecular weight excluding hydrogens is 470 g/mol. The number of methoxy groups -OCH3 is 2. The van der Waals surface area contributed by atoms with Crippen molar-refractivity contribution in [1.29, 1.82) is 0 Å². The summed E-state index contributed by atoms with van der Waals surface area (Å²) in [6, 6.07) is 14.9. The Balaban J connectivity index is 1.44. The predicted molar refractivity (Wildman–Crippen MR) is 131 cm³/mol. The van der Waals surface area contributed by atoms with E-state index in [9.17, 15) is 4.79 Å². The van der Waals surface area contributed by atoms with E-state index in [-0.39, 0.29) is 25.0 Å². The molecule has 0 saturated carbocycles. The van der Waals surface area contributed by atoms with Gasteiger partial charge in [0, 0.05) is 37.3 Å². The molecule has 2 aromatic heterocycles. The number of halogens is 1. The minimum absolute atomic E-state index is 0.119. The molecule has 0 radical (unpaired) electrons. The van der Waals surface area contributed by atoms with Gasteiger partial charge in [0.2, 0.25) is 12.7 Å². The Bertz CT molecular complexity index is 1360. The van der Waals surface area contributed by atoms with Gasteiger partial charge in [-0.05, 0) is 47.5 Å². The molecule has 2 aromatic carbocycles. The van der Waals surface area contributed by atoms with Gasteiger partial charge in [-0.2, -0.15) is 0 Å². The van der Waals surface area contributed by atoms with Crippen molar-refractivity contribution in [3.8, 4) is 23.0 Å². The third kappa shape index (κ3) is 4.83.